The number of hydrogen-bond donors (Lipinski definition) is 1. The molecular formula is C10H15NO2. The van der Waals surface area contributed by atoms with Gasteiger partial charge in [-0.15, -0.1) is 0 Å². The van der Waals surface area contributed by atoms with Crippen molar-refractivity contribution in [1.29, 1.82) is 0 Å². The van der Waals surface area contributed by atoms with Gasteiger partial charge in [-0.25, -0.2) is 9.78 Å². The van der Waals surface area contributed by atoms with Crippen molar-refractivity contribution in [3.63, 3.8) is 0 Å². The molecular weight excluding hydrogens is 166 g/mol. The van der Waals surface area contributed by atoms with Crippen molar-refractivity contribution in [3.8, 4) is 0 Å². The maximum atomic E-state index is 4.97. The summed E-state index contributed by atoms with van der Waals surface area (Å²) in [5.74, 6) is 0. The molecule has 2 rings (SSSR count). The predicted molar refractivity (Wildman–Crippen MR) is 49.2 cm³/mol. The fourth-order valence-electron chi connectivity index (χ4n) is 1.78. The summed E-state index contributed by atoms with van der Waals surface area (Å²) in [5, 5.41) is 0. The lowest BCUT2D eigenvalue weighted by Gasteiger charge is -1.99. The van der Waals surface area contributed by atoms with Gasteiger partial charge in [0.25, 0.3) is 0 Å². The number of fused-ring (bicyclic) bond motifs is 1. The molecule has 0 aliphatic heterocycles. The third kappa shape index (κ3) is 1.92. The summed E-state index contributed by atoms with van der Waals surface area (Å²) in [6.45, 7) is 3.04. The number of rotatable bonds is 4. The summed E-state index contributed by atoms with van der Waals surface area (Å²) in [6.07, 6.45) is 3.68. The number of hydrogen-bond acceptors (Lipinski definition) is 2. The zero-order chi connectivity index (χ0) is 9.10. The second-order valence-electron chi connectivity index (χ2n) is 3.32. The molecule has 13 heavy (non-hydrogen) atoms. The van der Waals surface area contributed by atoms with Crippen molar-refractivity contribution in [2.45, 2.75) is 32.8 Å². The maximum Gasteiger partial charge on any atom is 0.122 e. The molecule has 1 aromatic rings. The average Bonchev–Trinajstić information content (AvgIpc) is 2.64. The van der Waals surface area contributed by atoms with E-state index in [0.29, 0.717) is 13.2 Å². The quantitative estimate of drug-likeness (QED) is 0.438. The Kier molecular flexibility index (Phi) is 2.66. The minimum atomic E-state index is 0.529. The summed E-state index contributed by atoms with van der Waals surface area (Å²) in [7, 11) is 0. The zero-order valence-electron chi connectivity index (χ0n) is 7.93. The Labute approximate surface area is 78.0 Å². The van der Waals surface area contributed by atoms with Crippen LogP contribution in [0.4, 0.5) is 0 Å². The highest BCUT2D eigenvalue weighted by Gasteiger charge is 2.13. The van der Waals surface area contributed by atoms with Gasteiger partial charge < -0.3 is 4.98 Å². The fraction of sp³-hybridized carbons (Fsp3) is 0.600. The van der Waals surface area contributed by atoms with Gasteiger partial charge in [0.15, 0.2) is 0 Å². The van der Waals surface area contributed by atoms with Crippen molar-refractivity contribution in [1.82, 2.24) is 4.98 Å². The van der Waals surface area contributed by atoms with Gasteiger partial charge in [-0.2, -0.15) is 0 Å². The minimum Gasteiger partial charge on any atom is -0.360 e. The van der Waals surface area contributed by atoms with Crippen molar-refractivity contribution in [3.05, 3.63) is 23.0 Å². The molecule has 0 fully saturated rings. The third-order valence-electron chi connectivity index (χ3n) is 2.34. The SMILES string of the molecule is CCOOCc1cc2c([nH]1)CCC2. The van der Waals surface area contributed by atoms with Gasteiger partial charge in [0.1, 0.15) is 6.61 Å². The van der Waals surface area contributed by atoms with E-state index in [0.717, 1.165) is 5.69 Å². The predicted octanol–water partition coefficient (Wildman–Crippen LogP) is 1.97. The van der Waals surface area contributed by atoms with Crippen LogP contribution in [0.3, 0.4) is 0 Å². The molecule has 0 saturated heterocycles. The first-order valence-electron chi connectivity index (χ1n) is 4.84. The molecule has 1 aliphatic rings. The van der Waals surface area contributed by atoms with Gasteiger partial charge in [0.05, 0.1) is 6.61 Å². The highest BCUT2D eigenvalue weighted by atomic mass is 17.2. The van der Waals surface area contributed by atoms with E-state index in [9.17, 15) is 0 Å². The Morgan fingerprint density at radius 1 is 1.38 bits per heavy atom. The molecule has 1 aliphatic carbocycles. The highest BCUT2D eigenvalue weighted by Crippen LogP contribution is 2.22. The molecule has 1 heterocycles. The summed E-state index contributed by atoms with van der Waals surface area (Å²) >= 11 is 0. The molecule has 1 aromatic heterocycles. The number of nitrogens with one attached hydrogen (secondary N) is 1. The van der Waals surface area contributed by atoms with Crippen LogP contribution in [0.25, 0.3) is 0 Å². The topological polar surface area (TPSA) is 34.2 Å². The van der Waals surface area contributed by atoms with Gasteiger partial charge >= 0.3 is 0 Å². The third-order valence-corrected chi connectivity index (χ3v) is 2.34. The molecule has 1 N–H and O–H groups in total. The maximum absolute atomic E-state index is 4.97. The van der Waals surface area contributed by atoms with Crippen LogP contribution in [-0.4, -0.2) is 11.6 Å². The molecule has 0 saturated carbocycles. The normalized spacial score (nSPS) is 14.8. The van der Waals surface area contributed by atoms with E-state index in [1.807, 2.05) is 6.92 Å². The molecule has 0 radical (unpaired) electrons. The van der Waals surface area contributed by atoms with Gasteiger partial charge in [-0.05, 0) is 37.8 Å². The standard InChI is InChI=1S/C10H15NO2/c1-2-12-13-7-9-6-8-4-3-5-10(8)11-9/h6,11H,2-5,7H2,1H3. The van der Waals surface area contributed by atoms with E-state index < -0.39 is 0 Å². The van der Waals surface area contributed by atoms with Crippen molar-refractivity contribution in [2.24, 2.45) is 0 Å². The van der Waals surface area contributed by atoms with Crippen LogP contribution in [0, 0.1) is 0 Å². The van der Waals surface area contributed by atoms with Crippen LogP contribution >= 0.6 is 0 Å². The molecule has 0 aromatic carbocycles. The van der Waals surface area contributed by atoms with Crippen molar-refractivity contribution >= 4 is 0 Å². The van der Waals surface area contributed by atoms with E-state index >= 15 is 0 Å². The van der Waals surface area contributed by atoms with Crippen LogP contribution in [0.15, 0.2) is 6.07 Å². The van der Waals surface area contributed by atoms with Crippen LogP contribution in [0.1, 0.15) is 30.3 Å². The van der Waals surface area contributed by atoms with E-state index in [1.54, 1.807) is 0 Å². The van der Waals surface area contributed by atoms with Crippen molar-refractivity contribution in [2.75, 3.05) is 6.61 Å². The lowest BCUT2D eigenvalue weighted by atomic mass is 10.2. The molecule has 0 spiro atoms. The van der Waals surface area contributed by atoms with Gasteiger partial charge in [0.2, 0.25) is 0 Å². The van der Waals surface area contributed by atoms with Crippen LogP contribution in [0.5, 0.6) is 0 Å². The van der Waals surface area contributed by atoms with Gasteiger partial charge in [-0.3, -0.25) is 0 Å². The Morgan fingerprint density at radius 2 is 2.31 bits per heavy atom. The average molecular weight is 181 g/mol. The van der Waals surface area contributed by atoms with Crippen molar-refractivity contribution < 1.29 is 9.78 Å². The molecule has 72 valence electrons. The number of aromatic amines is 1. The van der Waals surface area contributed by atoms with E-state index in [2.05, 4.69) is 11.1 Å². The fourth-order valence-corrected chi connectivity index (χ4v) is 1.78. The monoisotopic (exact) mass is 181 g/mol. The molecule has 0 bridgehead atoms. The second kappa shape index (κ2) is 3.94. The lowest BCUT2D eigenvalue weighted by Crippen LogP contribution is -1.95. The smallest absolute Gasteiger partial charge is 0.122 e. The van der Waals surface area contributed by atoms with E-state index in [4.69, 9.17) is 9.78 Å². The number of H-pyrrole nitrogens is 1. The minimum absolute atomic E-state index is 0.529. The molecule has 3 heteroatoms. The molecule has 0 unspecified atom stereocenters. The second-order valence-corrected chi connectivity index (χ2v) is 3.32. The summed E-state index contributed by atoms with van der Waals surface area (Å²) in [5.41, 5.74) is 3.96. The summed E-state index contributed by atoms with van der Waals surface area (Å²) < 4.78 is 0. The van der Waals surface area contributed by atoms with Gasteiger partial charge in [0, 0.05) is 11.4 Å². The first kappa shape index (κ1) is 8.78. The van der Waals surface area contributed by atoms with E-state index in [-0.39, 0.29) is 0 Å². The van der Waals surface area contributed by atoms with Crippen LogP contribution < -0.4 is 0 Å². The number of aryl methyl sites for hydroxylation is 2. The van der Waals surface area contributed by atoms with E-state index in [1.165, 1.54) is 30.5 Å². The Hall–Kier alpha value is -0.800. The zero-order valence-corrected chi connectivity index (χ0v) is 7.93. The molecule has 0 atom stereocenters. The summed E-state index contributed by atoms with van der Waals surface area (Å²) in [6, 6.07) is 2.18. The molecule has 0 amide bonds. The Bertz CT molecular complexity index is 259. The molecule has 3 nitrogen and oxygen atoms in total. The summed E-state index contributed by atoms with van der Waals surface area (Å²) in [4.78, 5) is 13.1. The Morgan fingerprint density at radius 3 is 3.08 bits per heavy atom. The van der Waals surface area contributed by atoms with Crippen LogP contribution in [0.2, 0.25) is 0 Å². The first-order chi connectivity index (χ1) is 6.40. The Balaban J connectivity index is 1.91. The first-order valence-corrected chi connectivity index (χ1v) is 4.84. The highest BCUT2D eigenvalue weighted by molar-refractivity contribution is 5.29. The van der Waals surface area contributed by atoms with Crippen LogP contribution in [-0.2, 0) is 29.2 Å². The van der Waals surface area contributed by atoms with Gasteiger partial charge in [-0.1, -0.05) is 0 Å². The lowest BCUT2D eigenvalue weighted by molar-refractivity contribution is -0.301. The number of aromatic nitrogens is 1. The largest absolute Gasteiger partial charge is 0.360 e.